The van der Waals surface area contributed by atoms with Crippen LogP contribution in [-0.4, -0.2) is 38.0 Å². The molecule has 1 atom stereocenters. The average Bonchev–Trinajstić information content (AvgIpc) is 2.64. The van der Waals surface area contributed by atoms with Crippen LogP contribution >= 0.6 is 23.5 Å². The quantitative estimate of drug-likeness (QED) is 0.614. The maximum Gasteiger partial charge on any atom is 0.261 e. The smallest absolute Gasteiger partial charge is 0.261 e. The first-order chi connectivity index (χ1) is 9.44. The zero-order chi connectivity index (χ0) is 14.7. The van der Waals surface area contributed by atoms with E-state index in [9.17, 15) is 14.4 Å². The molecule has 9 heteroatoms. The van der Waals surface area contributed by atoms with Crippen LogP contribution in [-0.2, 0) is 9.59 Å². The molecule has 0 aliphatic carbocycles. The van der Waals surface area contributed by atoms with Gasteiger partial charge in [-0.15, -0.1) is 0 Å². The van der Waals surface area contributed by atoms with Crippen LogP contribution in [0.4, 0.5) is 0 Å². The molecule has 20 heavy (non-hydrogen) atoms. The normalized spacial score (nSPS) is 18.0. The zero-order valence-corrected chi connectivity index (χ0v) is 12.4. The predicted octanol–water partition coefficient (Wildman–Crippen LogP) is 0.305. The highest BCUT2D eigenvalue weighted by molar-refractivity contribution is 8.15. The lowest BCUT2D eigenvalue weighted by atomic mass is 10.5. The van der Waals surface area contributed by atoms with E-state index in [1.54, 1.807) is 13.8 Å². The molecule has 1 aliphatic rings. The summed E-state index contributed by atoms with van der Waals surface area (Å²) < 4.78 is 0. The first-order valence-electron chi connectivity index (χ1n) is 5.74. The number of hydrogen-bond donors (Lipinski definition) is 2. The Morgan fingerprint density at radius 3 is 2.90 bits per heavy atom. The van der Waals surface area contributed by atoms with Crippen LogP contribution in [0.3, 0.4) is 0 Å². The minimum atomic E-state index is -0.299. The Bertz CT molecular complexity index is 641. The van der Waals surface area contributed by atoms with Gasteiger partial charge in [0.2, 0.25) is 5.91 Å². The maximum absolute atomic E-state index is 11.7. The van der Waals surface area contributed by atoms with Crippen molar-refractivity contribution in [2.75, 3.05) is 5.75 Å². The molecular formula is C11H12N4O3S2. The fourth-order valence-electron chi connectivity index (χ4n) is 1.40. The number of H-pyrrole nitrogens is 1. The summed E-state index contributed by atoms with van der Waals surface area (Å²) in [5, 5.41) is 3.00. The van der Waals surface area contributed by atoms with E-state index >= 15 is 0 Å². The lowest BCUT2D eigenvalue weighted by Crippen LogP contribution is -2.29. The van der Waals surface area contributed by atoms with Gasteiger partial charge in [0, 0.05) is 11.8 Å². The van der Waals surface area contributed by atoms with E-state index < -0.39 is 0 Å². The second-order valence-electron chi connectivity index (χ2n) is 4.04. The summed E-state index contributed by atoms with van der Waals surface area (Å²) in [6.45, 7) is 3.43. The van der Waals surface area contributed by atoms with Crippen LogP contribution < -0.4 is 10.9 Å². The van der Waals surface area contributed by atoms with Crippen molar-refractivity contribution in [1.29, 1.82) is 0 Å². The number of amides is 2. The minimum absolute atomic E-state index is 0.0779. The van der Waals surface area contributed by atoms with Gasteiger partial charge >= 0.3 is 0 Å². The molecule has 2 N–H and O–H groups in total. The van der Waals surface area contributed by atoms with Gasteiger partial charge in [0.25, 0.3) is 11.5 Å². The summed E-state index contributed by atoms with van der Waals surface area (Å²) in [6, 6.07) is 1.38. The number of aryl methyl sites for hydroxylation is 1. The monoisotopic (exact) mass is 312 g/mol. The van der Waals surface area contributed by atoms with Crippen molar-refractivity contribution < 1.29 is 9.59 Å². The molecule has 1 aromatic rings. The van der Waals surface area contributed by atoms with E-state index in [-0.39, 0.29) is 28.4 Å². The molecule has 1 aliphatic heterocycles. The van der Waals surface area contributed by atoms with Crippen molar-refractivity contribution in [1.82, 2.24) is 15.3 Å². The Labute approximate surface area is 123 Å². The molecule has 1 aromatic heterocycles. The number of nitrogens with one attached hydrogen (secondary N) is 2. The van der Waals surface area contributed by atoms with Gasteiger partial charge in [-0.25, -0.2) is 4.98 Å². The SMILES string of the molecule is Cc1cc(=O)[nH]c(SCC(=O)NC2=NC(=O)C(C)S2)n1. The number of aromatic amines is 1. The van der Waals surface area contributed by atoms with Crippen LogP contribution in [0, 0.1) is 6.92 Å². The van der Waals surface area contributed by atoms with Crippen molar-refractivity contribution in [3.63, 3.8) is 0 Å². The highest BCUT2D eigenvalue weighted by Crippen LogP contribution is 2.20. The van der Waals surface area contributed by atoms with E-state index in [1.165, 1.54) is 17.8 Å². The molecule has 7 nitrogen and oxygen atoms in total. The van der Waals surface area contributed by atoms with Gasteiger partial charge in [-0.2, -0.15) is 4.99 Å². The number of carbonyl (C=O) groups is 2. The second-order valence-corrected chi connectivity index (χ2v) is 6.34. The molecular weight excluding hydrogens is 300 g/mol. The summed E-state index contributed by atoms with van der Waals surface area (Å²) in [7, 11) is 0. The minimum Gasteiger partial charge on any atom is -0.304 e. The first kappa shape index (κ1) is 14.8. The molecule has 0 fully saturated rings. The predicted molar refractivity (Wildman–Crippen MR) is 78.0 cm³/mol. The molecule has 0 aromatic carbocycles. The van der Waals surface area contributed by atoms with E-state index in [1.807, 2.05) is 0 Å². The summed E-state index contributed by atoms with van der Waals surface area (Å²) in [5.74, 6) is -0.468. The standard InChI is InChI=1S/C11H12N4O3S2/c1-5-3-7(16)13-10(12-5)19-4-8(17)14-11-15-9(18)6(2)20-11/h3,6H,4H2,1-2H3,(H,12,13,16)(H,14,15,17,18). The van der Waals surface area contributed by atoms with Crippen molar-refractivity contribution >= 4 is 40.5 Å². The Morgan fingerprint density at radius 2 is 2.30 bits per heavy atom. The van der Waals surface area contributed by atoms with Crippen LogP contribution in [0.25, 0.3) is 0 Å². The number of hydrogen-bond acceptors (Lipinski definition) is 6. The van der Waals surface area contributed by atoms with E-state index in [0.29, 0.717) is 16.0 Å². The fourth-order valence-corrected chi connectivity index (χ4v) is 2.93. The number of nitrogens with zero attached hydrogens (tertiary/aromatic N) is 2. The highest BCUT2D eigenvalue weighted by Gasteiger charge is 2.25. The van der Waals surface area contributed by atoms with Crippen LogP contribution in [0.5, 0.6) is 0 Å². The number of amidine groups is 1. The Balaban J connectivity index is 1.88. The Morgan fingerprint density at radius 1 is 1.55 bits per heavy atom. The van der Waals surface area contributed by atoms with Gasteiger partial charge in [0.05, 0.1) is 11.0 Å². The molecule has 2 heterocycles. The summed E-state index contributed by atoms with van der Waals surface area (Å²) in [4.78, 5) is 44.5. The Kier molecular flexibility index (Phi) is 4.61. The molecule has 2 rings (SSSR count). The van der Waals surface area contributed by atoms with Gasteiger partial charge in [-0.1, -0.05) is 23.5 Å². The largest absolute Gasteiger partial charge is 0.304 e. The van der Waals surface area contributed by atoms with Crippen LogP contribution in [0.2, 0.25) is 0 Å². The molecule has 106 valence electrons. The third-order valence-corrected chi connectivity index (χ3v) is 4.13. The highest BCUT2D eigenvalue weighted by atomic mass is 32.2. The molecule has 0 saturated carbocycles. The molecule has 0 spiro atoms. The van der Waals surface area contributed by atoms with Gasteiger partial charge < -0.3 is 10.3 Å². The molecule has 2 amide bonds. The number of aliphatic imine (C=N–C) groups is 1. The van der Waals surface area contributed by atoms with Gasteiger partial charge in [0.1, 0.15) is 0 Å². The van der Waals surface area contributed by atoms with Gasteiger partial charge in [-0.3, -0.25) is 14.4 Å². The van der Waals surface area contributed by atoms with E-state index in [0.717, 1.165) is 11.8 Å². The van der Waals surface area contributed by atoms with Gasteiger partial charge in [0.15, 0.2) is 10.3 Å². The van der Waals surface area contributed by atoms with Crippen molar-refractivity contribution in [3.05, 3.63) is 22.1 Å². The van der Waals surface area contributed by atoms with E-state index in [4.69, 9.17) is 0 Å². The maximum atomic E-state index is 11.7. The number of thioether (sulfide) groups is 2. The van der Waals surface area contributed by atoms with Crippen molar-refractivity contribution in [2.45, 2.75) is 24.3 Å². The second kappa shape index (κ2) is 6.23. The van der Waals surface area contributed by atoms with Crippen LogP contribution in [0.15, 0.2) is 21.0 Å². The molecule has 1 unspecified atom stereocenters. The van der Waals surface area contributed by atoms with Crippen molar-refractivity contribution in [3.8, 4) is 0 Å². The number of rotatable bonds is 3. The number of aromatic nitrogens is 2. The lowest BCUT2D eigenvalue weighted by Gasteiger charge is -2.04. The number of carbonyl (C=O) groups excluding carboxylic acids is 2. The molecule has 0 saturated heterocycles. The van der Waals surface area contributed by atoms with E-state index in [2.05, 4.69) is 20.3 Å². The van der Waals surface area contributed by atoms with Gasteiger partial charge in [-0.05, 0) is 13.8 Å². The summed E-state index contributed by atoms with van der Waals surface area (Å²) in [5.41, 5.74) is 0.336. The van der Waals surface area contributed by atoms with Crippen LogP contribution in [0.1, 0.15) is 12.6 Å². The first-order valence-corrected chi connectivity index (χ1v) is 7.60. The fraction of sp³-hybridized carbons (Fsp3) is 0.364. The summed E-state index contributed by atoms with van der Waals surface area (Å²) in [6.07, 6.45) is 0. The third kappa shape index (κ3) is 3.94. The van der Waals surface area contributed by atoms with Crippen molar-refractivity contribution in [2.24, 2.45) is 4.99 Å². The average molecular weight is 312 g/mol. The molecule has 0 bridgehead atoms. The zero-order valence-electron chi connectivity index (χ0n) is 10.8. The molecule has 0 radical (unpaired) electrons. The third-order valence-electron chi connectivity index (χ3n) is 2.28. The topological polar surface area (TPSA) is 104 Å². The lowest BCUT2D eigenvalue weighted by molar-refractivity contribution is -0.117. The Hall–Kier alpha value is -1.61. The summed E-state index contributed by atoms with van der Waals surface area (Å²) >= 11 is 2.33.